The Morgan fingerprint density at radius 3 is 2.80 bits per heavy atom. The van der Waals surface area contributed by atoms with Crippen molar-refractivity contribution >= 4 is 33.2 Å². The number of sulfonamides is 1. The van der Waals surface area contributed by atoms with Crippen molar-refractivity contribution < 1.29 is 17.5 Å². The van der Waals surface area contributed by atoms with Crippen LogP contribution < -0.4 is 15.2 Å². The Hall–Kier alpha value is -1.78. The van der Waals surface area contributed by atoms with Gasteiger partial charge in [0.05, 0.1) is 18.9 Å². The lowest BCUT2D eigenvalue weighted by molar-refractivity contribution is 0.285. The van der Waals surface area contributed by atoms with Crippen LogP contribution in [0.1, 0.15) is 50.6 Å². The summed E-state index contributed by atoms with van der Waals surface area (Å²) in [6.07, 6.45) is 4.34. The lowest BCUT2D eigenvalue weighted by Crippen LogP contribution is -2.30. The number of thiocarbonyl (C=S) groups is 1. The zero-order chi connectivity index (χ0) is 21.7. The van der Waals surface area contributed by atoms with Gasteiger partial charge >= 0.3 is 0 Å². The molecule has 1 aromatic carbocycles. The molecule has 1 aromatic rings. The number of hydrogen-bond donors (Lipinski definition) is 2. The fraction of sp³-hybridized carbons (Fsp3) is 0.600. The second-order valence-electron chi connectivity index (χ2n) is 7.97. The van der Waals surface area contributed by atoms with E-state index >= 15 is 0 Å². The molecule has 0 unspecified atom stereocenters. The minimum absolute atomic E-state index is 0.0344. The van der Waals surface area contributed by atoms with Gasteiger partial charge in [0.2, 0.25) is 10.0 Å². The Labute approximate surface area is 182 Å². The van der Waals surface area contributed by atoms with E-state index < -0.39 is 21.9 Å². The largest absolute Gasteiger partial charge is 0.490 e. The first-order valence-corrected chi connectivity index (χ1v) is 12.3. The van der Waals surface area contributed by atoms with E-state index in [1.165, 1.54) is 6.07 Å². The normalized spacial score (nSPS) is 17.9. The number of benzene rings is 1. The van der Waals surface area contributed by atoms with Crippen molar-refractivity contribution in [3.05, 3.63) is 29.6 Å². The molecular formula is C20H29FN4O3S2. The molecule has 1 heterocycles. The van der Waals surface area contributed by atoms with Crippen molar-refractivity contribution in [3.8, 4) is 5.75 Å². The van der Waals surface area contributed by atoms with Gasteiger partial charge < -0.3 is 15.4 Å². The number of nitrogens with one attached hydrogen (secondary N) is 1. The second-order valence-corrected chi connectivity index (χ2v) is 10.2. The number of hydrogen-bond acceptors (Lipinski definition) is 5. The monoisotopic (exact) mass is 456 g/mol. The summed E-state index contributed by atoms with van der Waals surface area (Å²) < 4.78 is 47.0. The van der Waals surface area contributed by atoms with Gasteiger partial charge in [-0.15, -0.1) is 0 Å². The van der Waals surface area contributed by atoms with Crippen LogP contribution in [0, 0.1) is 11.7 Å². The molecule has 166 valence electrons. The number of aliphatic imine (C=N–C) groups is 1. The van der Waals surface area contributed by atoms with Crippen molar-refractivity contribution in [2.45, 2.75) is 45.1 Å². The number of halogens is 1. The summed E-state index contributed by atoms with van der Waals surface area (Å²) in [7, 11) is -3.45. The summed E-state index contributed by atoms with van der Waals surface area (Å²) in [5, 5.41) is 0.496. The third-order valence-electron chi connectivity index (χ3n) is 5.19. The van der Waals surface area contributed by atoms with Crippen molar-refractivity contribution in [2.24, 2.45) is 16.6 Å². The number of amidine groups is 1. The predicted octanol–water partition coefficient (Wildman–Crippen LogP) is 2.72. The summed E-state index contributed by atoms with van der Waals surface area (Å²) >= 11 is 5.12. The van der Waals surface area contributed by atoms with Crippen LogP contribution in [0.2, 0.25) is 0 Å². The minimum Gasteiger partial charge on any atom is -0.490 e. The van der Waals surface area contributed by atoms with Gasteiger partial charge in [0.15, 0.2) is 16.7 Å². The van der Waals surface area contributed by atoms with E-state index in [4.69, 9.17) is 22.7 Å². The van der Waals surface area contributed by atoms with Gasteiger partial charge in [-0.05, 0) is 68.4 Å². The van der Waals surface area contributed by atoms with Gasteiger partial charge in [0.1, 0.15) is 5.84 Å². The van der Waals surface area contributed by atoms with Crippen LogP contribution in [0.3, 0.4) is 0 Å². The standard InChI is InChI=1S/C20H29FN4O3S2/c1-14(16-7-8-17(21)18(11-16)28-13-15-5-6-15)24-30(26,27)10-4-2-3-9-25-12-19(22)23-20(25)29/h7-8,11,14-15,24H,2-6,9-10,12-13H2,1H3,(H2,22,23,29)/t14-/m1/s1. The Morgan fingerprint density at radius 2 is 2.13 bits per heavy atom. The molecule has 0 bridgehead atoms. The Balaban J connectivity index is 1.41. The smallest absolute Gasteiger partial charge is 0.212 e. The average Bonchev–Trinajstić information content (AvgIpc) is 3.44. The highest BCUT2D eigenvalue weighted by Crippen LogP contribution is 2.31. The Morgan fingerprint density at radius 1 is 1.37 bits per heavy atom. The molecule has 0 spiro atoms. The van der Waals surface area contributed by atoms with Crippen LogP contribution in [0.4, 0.5) is 4.39 Å². The summed E-state index contributed by atoms with van der Waals surface area (Å²) in [6, 6.07) is 4.01. The highest BCUT2D eigenvalue weighted by molar-refractivity contribution is 7.89. The lowest BCUT2D eigenvalue weighted by atomic mass is 10.1. The third-order valence-corrected chi connectivity index (χ3v) is 7.08. The van der Waals surface area contributed by atoms with Gasteiger partial charge in [-0.3, -0.25) is 0 Å². The second kappa shape index (κ2) is 10.0. The number of nitrogens with zero attached hydrogens (tertiary/aromatic N) is 2. The lowest BCUT2D eigenvalue weighted by Gasteiger charge is -2.17. The zero-order valence-electron chi connectivity index (χ0n) is 17.1. The summed E-state index contributed by atoms with van der Waals surface area (Å²) in [4.78, 5) is 5.93. The van der Waals surface area contributed by atoms with Crippen LogP contribution in [0.15, 0.2) is 23.2 Å². The number of nitrogens with two attached hydrogens (primary N) is 1. The Bertz CT molecular complexity index is 903. The summed E-state index contributed by atoms with van der Waals surface area (Å²) in [6.45, 7) is 3.50. The van der Waals surface area contributed by atoms with Gasteiger partial charge in [-0.1, -0.05) is 12.5 Å². The first-order chi connectivity index (χ1) is 14.2. The number of ether oxygens (including phenoxy) is 1. The predicted molar refractivity (Wildman–Crippen MR) is 120 cm³/mol. The average molecular weight is 457 g/mol. The molecule has 1 aliphatic carbocycles. The van der Waals surface area contributed by atoms with E-state index in [9.17, 15) is 12.8 Å². The van der Waals surface area contributed by atoms with Crippen LogP contribution in [-0.2, 0) is 10.0 Å². The minimum atomic E-state index is -3.45. The first-order valence-electron chi connectivity index (χ1n) is 10.3. The fourth-order valence-corrected chi connectivity index (χ4v) is 4.88. The van der Waals surface area contributed by atoms with Crippen molar-refractivity contribution in [3.63, 3.8) is 0 Å². The van der Waals surface area contributed by atoms with E-state index in [0.29, 0.717) is 48.5 Å². The molecule has 1 aliphatic heterocycles. The highest BCUT2D eigenvalue weighted by Gasteiger charge is 2.23. The summed E-state index contributed by atoms with van der Waals surface area (Å²) in [5.41, 5.74) is 6.32. The molecule has 0 aromatic heterocycles. The molecule has 0 amide bonds. The molecule has 30 heavy (non-hydrogen) atoms. The molecule has 1 saturated carbocycles. The molecule has 1 fully saturated rings. The van der Waals surface area contributed by atoms with E-state index in [1.54, 1.807) is 19.1 Å². The fourth-order valence-electron chi connectivity index (χ4n) is 3.23. The quantitative estimate of drug-likeness (QED) is 0.371. The van der Waals surface area contributed by atoms with Crippen molar-refractivity contribution in [2.75, 3.05) is 25.4 Å². The zero-order valence-corrected chi connectivity index (χ0v) is 18.8. The van der Waals surface area contributed by atoms with Gasteiger partial charge in [-0.25, -0.2) is 22.5 Å². The van der Waals surface area contributed by atoms with Crippen LogP contribution in [-0.4, -0.2) is 49.7 Å². The first kappa shape index (κ1) is 22.9. The molecule has 1 atom stereocenters. The van der Waals surface area contributed by atoms with Crippen molar-refractivity contribution in [1.29, 1.82) is 0 Å². The number of unbranched alkanes of at least 4 members (excludes halogenated alkanes) is 2. The van der Waals surface area contributed by atoms with E-state index in [2.05, 4.69) is 9.71 Å². The van der Waals surface area contributed by atoms with Crippen LogP contribution in [0.5, 0.6) is 5.75 Å². The highest BCUT2D eigenvalue weighted by atomic mass is 32.2. The SMILES string of the molecule is C[C@@H](NS(=O)(=O)CCCCCN1CC(N)=NC1=S)c1ccc(F)c(OCC2CC2)c1. The van der Waals surface area contributed by atoms with Gasteiger partial charge in [-0.2, -0.15) is 0 Å². The van der Waals surface area contributed by atoms with E-state index in [-0.39, 0.29) is 11.5 Å². The molecule has 3 N–H and O–H groups in total. The van der Waals surface area contributed by atoms with Gasteiger partial charge in [0.25, 0.3) is 0 Å². The third kappa shape index (κ3) is 6.88. The summed E-state index contributed by atoms with van der Waals surface area (Å²) in [5.74, 6) is 0.804. The Kier molecular flexibility index (Phi) is 7.65. The molecule has 0 saturated heterocycles. The topological polar surface area (TPSA) is 97.0 Å². The number of rotatable bonds is 12. The van der Waals surface area contributed by atoms with Crippen LogP contribution in [0.25, 0.3) is 0 Å². The molecule has 10 heteroatoms. The van der Waals surface area contributed by atoms with Crippen LogP contribution >= 0.6 is 12.2 Å². The maximum Gasteiger partial charge on any atom is 0.212 e. The van der Waals surface area contributed by atoms with E-state index in [1.807, 2.05) is 4.90 Å². The van der Waals surface area contributed by atoms with Crippen molar-refractivity contribution in [1.82, 2.24) is 9.62 Å². The maximum atomic E-state index is 13.9. The molecule has 3 rings (SSSR count). The van der Waals surface area contributed by atoms with Gasteiger partial charge in [0, 0.05) is 12.6 Å². The molecular weight excluding hydrogens is 427 g/mol. The molecule has 2 aliphatic rings. The molecule has 0 radical (unpaired) electrons. The maximum absolute atomic E-state index is 13.9. The molecule has 7 nitrogen and oxygen atoms in total. The van der Waals surface area contributed by atoms with E-state index in [0.717, 1.165) is 25.7 Å².